The Hall–Kier alpha value is -0.0800. The van der Waals surface area contributed by atoms with E-state index in [1.54, 1.807) is 0 Å². The van der Waals surface area contributed by atoms with Gasteiger partial charge in [0.25, 0.3) is 0 Å². The summed E-state index contributed by atoms with van der Waals surface area (Å²) in [6.07, 6.45) is 2.23. The van der Waals surface area contributed by atoms with Crippen molar-refractivity contribution in [2.75, 3.05) is 13.1 Å². The smallest absolute Gasteiger partial charge is 0.00258 e. The highest BCUT2D eigenvalue weighted by Crippen LogP contribution is 2.18. The van der Waals surface area contributed by atoms with Gasteiger partial charge < -0.3 is 11.5 Å². The van der Waals surface area contributed by atoms with E-state index in [2.05, 4.69) is 13.8 Å². The lowest BCUT2D eigenvalue weighted by atomic mass is 9.88. The molecule has 0 aliphatic carbocycles. The van der Waals surface area contributed by atoms with E-state index < -0.39 is 0 Å². The van der Waals surface area contributed by atoms with Gasteiger partial charge in [0.05, 0.1) is 0 Å². The maximum atomic E-state index is 5.51. The van der Waals surface area contributed by atoms with E-state index in [0.29, 0.717) is 5.41 Å². The first-order valence-electron chi connectivity index (χ1n) is 3.52. The second-order valence-electron chi connectivity index (χ2n) is 3.26. The molecule has 0 heterocycles. The lowest BCUT2D eigenvalue weighted by Crippen LogP contribution is -2.24. The van der Waals surface area contributed by atoms with Crippen LogP contribution in [-0.2, 0) is 0 Å². The second kappa shape index (κ2) is 3.85. The van der Waals surface area contributed by atoms with Crippen LogP contribution in [0, 0.1) is 5.41 Å². The Bertz CT molecular complexity index is 69.3. The Labute approximate surface area is 57.6 Å². The SMILES string of the molecule is CC(C)(CN)CCCN. The van der Waals surface area contributed by atoms with Crippen LogP contribution in [0.4, 0.5) is 0 Å². The molecule has 0 aromatic heterocycles. The first-order valence-corrected chi connectivity index (χ1v) is 3.52. The van der Waals surface area contributed by atoms with E-state index >= 15 is 0 Å². The number of hydrogen-bond acceptors (Lipinski definition) is 2. The van der Waals surface area contributed by atoms with E-state index in [1.807, 2.05) is 0 Å². The van der Waals surface area contributed by atoms with Gasteiger partial charge in [-0.1, -0.05) is 13.8 Å². The van der Waals surface area contributed by atoms with Gasteiger partial charge in [0.1, 0.15) is 0 Å². The van der Waals surface area contributed by atoms with Crippen molar-refractivity contribution in [2.45, 2.75) is 26.7 Å². The summed E-state index contributed by atoms with van der Waals surface area (Å²) >= 11 is 0. The van der Waals surface area contributed by atoms with Gasteiger partial charge in [0.2, 0.25) is 0 Å². The predicted molar refractivity (Wildman–Crippen MR) is 41.1 cm³/mol. The molecule has 0 saturated carbocycles. The molecule has 0 fully saturated rings. The minimum atomic E-state index is 0.291. The highest BCUT2D eigenvalue weighted by atomic mass is 14.6. The molecule has 0 amide bonds. The molecule has 0 saturated heterocycles. The van der Waals surface area contributed by atoms with Crippen molar-refractivity contribution < 1.29 is 0 Å². The van der Waals surface area contributed by atoms with Gasteiger partial charge in [-0.05, 0) is 31.3 Å². The monoisotopic (exact) mass is 130 g/mol. The molecule has 0 aromatic rings. The second-order valence-corrected chi connectivity index (χ2v) is 3.26. The molecule has 0 aliphatic heterocycles. The molecular formula is C7H18N2. The van der Waals surface area contributed by atoms with E-state index in [9.17, 15) is 0 Å². The van der Waals surface area contributed by atoms with Gasteiger partial charge >= 0.3 is 0 Å². The Balaban J connectivity index is 3.33. The predicted octanol–water partition coefficient (Wildman–Crippen LogP) is 0.710. The molecule has 0 aliphatic rings. The zero-order chi connectivity index (χ0) is 7.33. The summed E-state index contributed by atoms with van der Waals surface area (Å²) in [5, 5.41) is 0. The molecule has 0 aromatic carbocycles. The lowest BCUT2D eigenvalue weighted by Gasteiger charge is -2.21. The van der Waals surface area contributed by atoms with Crippen molar-refractivity contribution in [1.29, 1.82) is 0 Å². The summed E-state index contributed by atoms with van der Waals surface area (Å²) in [6, 6.07) is 0. The molecule has 0 atom stereocenters. The average Bonchev–Trinajstić information content (AvgIpc) is 1.84. The van der Waals surface area contributed by atoms with E-state index in [-0.39, 0.29) is 0 Å². The fourth-order valence-corrected chi connectivity index (χ4v) is 0.683. The summed E-state index contributed by atoms with van der Waals surface area (Å²) in [6.45, 7) is 5.88. The quantitative estimate of drug-likeness (QED) is 0.589. The van der Waals surface area contributed by atoms with Crippen LogP contribution in [0.2, 0.25) is 0 Å². The van der Waals surface area contributed by atoms with Gasteiger partial charge in [-0.3, -0.25) is 0 Å². The third-order valence-corrected chi connectivity index (χ3v) is 1.61. The molecule has 0 radical (unpaired) electrons. The van der Waals surface area contributed by atoms with E-state index in [1.165, 1.54) is 0 Å². The van der Waals surface area contributed by atoms with Crippen LogP contribution >= 0.6 is 0 Å². The Morgan fingerprint density at radius 3 is 2.11 bits per heavy atom. The molecule has 4 N–H and O–H groups in total. The van der Waals surface area contributed by atoms with Gasteiger partial charge in [-0.2, -0.15) is 0 Å². The third-order valence-electron chi connectivity index (χ3n) is 1.61. The highest BCUT2D eigenvalue weighted by molar-refractivity contribution is 4.68. The standard InChI is InChI=1S/C7H18N2/c1-7(2,6-9)4-3-5-8/h3-6,8-9H2,1-2H3. The van der Waals surface area contributed by atoms with Gasteiger partial charge in [-0.25, -0.2) is 0 Å². The Morgan fingerprint density at radius 2 is 1.78 bits per heavy atom. The van der Waals surface area contributed by atoms with E-state index in [4.69, 9.17) is 11.5 Å². The Kier molecular flexibility index (Phi) is 3.82. The molecule has 0 spiro atoms. The summed E-state index contributed by atoms with van der Waals surface area (Å²) in [4.78, 5) is 0. The molecule has 0 rings (SSSR count). The first kappa shape index (κ1) is 8.92. The average molecular weight is 130 g/mol. The molecule has 56 valence electrons. The zero-order valence-electron chi connectivity index (χ0n) is 6.48. The fourth-order valence-electron chi connectivity index (χ4n) is 0.683. The molecule has 9 heavy (non-hydrogen) atoms. The third kappa shape index (κ3) is 4.43. The summed E-state index contributed by atoms with van der Waals surface area (Å²) < 4.78 is 0. The Morgan fingerprint density at radius 1 is 1.22 bits per heavy atom. The van der Waals surface area contributed by atoms with Crippen molar-refractivity contribution in [1.82, 2.24) is 0 Å². The largest absolute Gasteiger partial charge is 0.330 e. The van der Waals surface area contributed by atoms with Crippen LogP contribution in [0.25, 0.3) is 0 Å². The molecule has 0 unspecified atom stereocenters. The van der Waals surface area contributed by atoms with E-state index in [0.717, 1.165) is 25.9 Å². The van der Waals surface area contributed by atoms with Crippen molar-refractivity contribution >= 4 is 0 Å². The van der Waals surface area contributed by atoms with Gasteiger partial charge in [0.15, 0.2) is 0 Å². The van der Waals surface area contributed by atoms with Crippen molar-refractivity contribution in [2.24, 2.45) is 16.9 Å². The van der Waals surface area contributed by atoms with Crippen molar-refractivity contribution in [3.05, 3.63) is 0 Å². The fraction of sp³-hybridized carbons (Fsp3) is 1.00. The number of hydrogen-bond donors (Lipinski definition) is 2. The molecule has 2 nitrogen and oxygen atoms in total. The molecular weight excluding hydrogens is 112 g/mol. The maximum absolute atomic E-state index is 5.51. The van der Waals surface area contributed by atoms with Crippen LogP contribution in [0.3, 0.4) is 0 Å². The van der Waals surface area contributed by atoms with Crippen LogP contribution in [-0.4, -0.2) is 13.1 Å². The van der Waals surface area contributed by atoms with Crippen molar-refractivity contribution in [3.8, 4) is 0 Å². The van der Waals surface area contributed by atoms with Gasteiger partial charge in [-0.15, -0.1) is 0 Å². The van der Waals surface area contributed by atoms with Crippen molar-refractivity contribution in [3.63, 3.8) is 0 Å². The normalized spacial score (nSPS) is 12.0. The van der Waals surface area contributed by atoms with Crippen LogP contribution in [0.15, 0.2) is 0 Å². The topological polar surface area (TPSA) is 52.0 Å². The minimum absolute atomic E-state index is 0.291. The summed E-state index contributed by atoms with van der Waals surface area (Å²) in [7, 11) is 0. The van der Waals surface area contributed by atoms with Crippen LogP contribution < -0.4 is 11.5 Å². The molecule has 0 bridgehead atoms. The van der Waals surface area contributed by atoms with Crippen LogP contribution in [0.1, 0.15) is 26.7 Å². The number of nitrogens with two attached hydrogens (primary N) is 2. The van der Waals surface area contributed by atoms with Gasteiger partial charge in [0, 0.05) is 0 Å². The zero-order valence-corrected chi connectivity index (χ0v) is 6.48. The number of rotatable bonds is 4. The summed E-state index contributed by atoms with van der Waals surface area (Å²) in [5.74, 6) is 0. The van der Waals surface area contributed by atoms with Crippen LogP contribution in [0.5, 0.6) is 0 Å². The summed E-state index contributed by atoms with van der Waals surface area (Å²) in [5.41, 5.74) is 11.1. The lowest BCUT2D eigenvalue weighted by molar-refractivity contribution is 0.339. The highest BCUT2D eigenvalue weighted by Gasteiger charge is 2.13. The molecule has 2 heteroatoms. The maximum Gasteiger partial charge on any atom is -0.00258 e. The minimum Gasteiger partial charge on any atom is -0.330 e. The first-order chi connectivity index (χ1) is 4.12.